The Morgan fingerprint density at radius 2 is 2.33 bits per heavy atom. The first kappa shape index (κ1) is 6.90. The van der Waals surface area contributed by atoms with E-state index in [2.05, 4.69) is 21.7 Å². The van der Waals surface area contributed by atoms with Gasteiger partial charge < -0.3 is 0 Å². The van der Waals surface area contributed by atoms with Crippen LogP contribution in [-0.2, 0) is 0 Å². The Morgan fingerprint density at radius 1 is 1.42 bits per heavy atom. The van der Waals surface area contributed by atoms with Gasteiger partial charge in [-0.2, -0.15) is 0 Å². The Hall–Kier alpha value is -1.78. The molecule has 0 bridgehead atoms. The average molecular weight is 163 g/mol. The predicted molar refractivity (Wildman–Crippen MR) is 37.9 cm³/mol. The molecular formula is C7H4FN4. The van der Waals surface area contributed by atoms with Crippen LogP contribution in [0.15, 0.2) is 24.3 Å². The molecule has 0 atom stereocenters. The van der Waals surface area contributed by atoms with Crippen LogP contribution >= 0.6 is 0 Å². The van der Waals surface area contributed by atoms with Crippen molar-refractivity contribution >= 4 is 0 Å². The van der Waals surface area contributed by atoms with E-state index in [9.17, 15) is 4.39 Å². The molecule has 12 heavy (non-hydrogen) atoms. The van der Waals surface area contributed by atoms with Crippen molar-refractivity contribution in [2.75, 3.05) is 0 Å². The molecule has 0 N–H and O–H groups in total. The summed E-state index contributed by atoms with van der Waals surface area (Å²) in [4.78, 5) is 1.20. The highest BCUT2D eigenvalue weighted by Gasteiger charge is 1.98. The summed E-state index contributed by atoms with van der Waals surface area (Å²) in [5, 5.41) is 10.6. The van der Waals surface area contributed by atoms with E-state index < -0.39 is 0 Å². The van der Waals surface area contributed by atoms with E-state index in [1.807, 2.05) is 0 Å². The first-order valence-electron chi connectivity index (χ1n) is 3.28. The van der Waals surface area contributed by atoms with Crippen LogP contribution < -0.4 is 0 Å². The second-order valence-corrected chi connectivity index (χ2v) is 2.16. The Balaban J connectivity index is 2.48. The minimum absolute atomic E-state index is 0.329. The molecule has 2 aromatic rings. The maximum absolute atomic E-state index is 12.7. The second-order valence-electron chi connectivity index (χ2n) is 2.16. The average Bonchev–Trinajstić information content (AvgIpc) is 2.56. The number of halogens is 1. The largest absolute Gasteiger partial charge is 0.246 e. The molecule has 1 aromatic carbocycles. The molecule has 0 spiro atoms. The number of hydrogen-bond donors (Lipinski definition) is 0. The van der Waals surface area contributed by atoms with Gasteiger partial charge in [0.2, 0.25) is 6.33 Å². The first-order chi connectivity index (χ1) is 5.86. The lowest BCUT2D eigenvalue weighted by Crippen LogP contribution is -1.98. The van der Waals surface area contributed by atoms with Crippen LogP contribution in [0.25, 0.3) is 5.69 Å². The van der Waals surface area contributed by atoms with Crippen molar-refractivity contribution in [1.82, 2.24) is 20.2 Å². The smallest absolute Gasteiger partial charge is 0.207 e. The fourth-order valence-electron chi connectivity index (χ4n) is 0.855. The van der Waals surface area contributed by atoms with Gasteiger partial charge in [-0.1, -0.05) is 6.07 Å². The van der Waals surface area contributed by atoms with E-state index in [0.717, 1.165) is 0 Å². The van der Waals surface area contributed by atoms with Gasteiger partial charge in [-0.3, -0.25) is 0 Å². The Kier molecular flexibility index (Phi) is 1.55. The lowest BCUT2D eigenvalue weighted by atomic mass is 10.3. The van der Waals surface area contributed by atoms with Gasteiger partial charge >= 0.3 is 0 Å². The predicted octanol–water partition coefficient (Wildman–Crippen LogP) is 0.602. The van der Waals surface area contributed by atoms with Gasteiger partial charge in [0.25, 0.3) is 0 Å². The summed E-state index contributed by atoms with van der Waals surface area (Å²) in [5.74, 6) is -0.329. The van der Waals surface area contributed by atoms with Crippen LogP contribution in [0.1, 0.15) is 0 Å². The Morgan fingerprint density at radius 3 is 3.00 bits per heavy atom. The summed E-state index contributed by atoms with van der Waals surface area (Å²) >= 11 is 0. The molecule has 0 saturated heterocycles. The van der Waals surface area contributed by atoms with Gasteiger partial charge in [-0.05, 0) is 17.3 Å². The number of rotatable bonds is 1. The lowest BCUT2D eigenvalue weighted by Gasteiger charge is -1.95. The van der Waals surface area contributed by atoms with E-state index in [4.69, 9.17) is 0 Å². The molecule has 0 unspecified atom stereocenters. The van der Waals surface area contributed by atoms with Crippen LogP contribution in [0.4, 0.5) is 4.39 Å². The molecule has 1 heterocycles. The lowest BCUT2D eigenvalue weighted by molar-refractivity contribution is 0.621. The highest BCUT2D eigenvalue weighted by atomic mass is 19.1. The van der Waals surface area contributed by atoms with Crippen molar-refractivity contribution in [3.05, 3.63) is 36.4 Å². The molecule has 1 aromatic heterocycles. The van der Waals surface area contributed by atoms with Crippen molar-refractivity contribution < 1.29 is 4.39 Å². The molecule has 0 aliphatic carbocycles. The highest BCUT2D eigenvalue weighted by Crippen LogP contribution is 2.05. The van der Waals surface area contributed by atoms with Gasteiger partial charge in [-0.15, -0.1) is 15.0 Å². The van der Waals surface area contributed by atoms with Crippen LogP contribution in [0.2, 0.25) is 0 Å². The molecule has 2 rings (SSSR count). The third-order valence-electron chi connectivity index (χ3n) is 1.35. The van der Waals surface area contributed by atoms with Gasteiger partial charge in [0.15, 0.2) is 0 Å². The van der Waals surface area contributed by atoms with Crippen molar-refractivity contribution in [1.29, 1.82) is 0 Å². The number of tetrazole rings is 1. The maximum Gasteiger partial charge on any atom is 0.246 e. The Bertz CT molecular complexity index is 371. The number of hydrogen-bond acceptors (Lipinski definition) is 3. The number of nitrogens with zero attached hydrogens (tertiary/aromatic N) is 4. The van der Waals surface area contributed by atoms with Crippen LogP contribution in [0.3, 0.4) is 0 Å². The zero-order chi connectivity index (χ0) is 8.39. The molecule has 0 amide bonds. The summed E-state index contributed by atoms with van der Waals surface area (Å²) in [7, 11) is 0. The van der Waals surface area contributed by atoms with Gasteiger partial charge in [0, 0.05) is 6.07 Å². The second kappa shape index (κ2) is 2.69. The Labute approximate surface area is 67.6 Å². The minimum atomic E-state index is -0.329. The van der Waals surface area contributed by atoms with Crippen LogP contribution in [-0.4, -0.2) is 20.2 Å². The topological polar surface area (TPSA) is 43.6 Å². The van der Waals surface area contributed by atoms with Crippen molar-refractivity contribution in [2.24, 2.45) is 0 Å². The van der Waals surface area contributed by atoms with Crippen molar-refractivity contribution in [3.8, 4) is 5.69 Å². The molecule has 4 nitrogen and oxygen atoms in total. The van der Waals surface area contributed by atoms with Gasteiger partial charge in [0.1, 0.15) is 5.82 Å². The molecule has 0 aliphatic heterocycles. The van der Waals surface area contributed by atoms with E-state index in [1.165, 1.54) is 16.9 Å². The van der Waals surface area contributed by atoms with Crippen LogP contribution in [0.5, 0.6) is 0 Å². The summed E-state index contributed by atoms with van der Waals surface area (Å²) in [6.07, 6.45) is 2.28. The standard InChI is InChI=1S/C7H4FN4/c8-6-2-1-3-7(4-6)12-10-5-9-11-12/h1-4H. The summed E-state index contributed by atoms with van der Waals surface area (Å²) in [6, 6.07) is 5.92. The van der Waals surface area contributed by atoms with Crippen molar-refractivity contribution in [2.45, 2.75) is 0 Å². The SMILES string of the molecule is Fc1cccc(-n2n[c]nn2)c1. The van der Waals surface area contributed by atoms with E-state index in [1.54, 1.807) is 12.1 Å². The summed E-state index contributed by atoms with van der Waals surface area (Å²) < 4.78 is 12.7. The fraction of sp³-hybridized carbons (Fsp3) is 0. The molecule has 59 valence electrons. The normalized spacial score (nSPS) is 10.1. The third-order valence-corrected chi connectivity index (χ3v) is 1.35. The summed E-state index contributed by atoms with van der Waals surface area (Å²) in [6.45, 7) is 0. The van der Waals surface area contributed by atoms with Gasteiger partial charge in [-0.25, -0.2) is 4.39 Å². The molecule has 5 heteroatoms. The fourth-order valence-corrected chi connectivity index (χ4v) is 0.855. The summed E-state index contributed by atoms with van der Waals surface area (Å²) in [5.41, 5.74) is 0.531. The minimum Gasteiger partial charge on any atom is -0.207 e. The van der Waals surface area contributed by atoms with Crippen molar-refractivity contribution in [3.63, 3.8) is 0 Å². The molecular weight excluding hydrogens is 159 g/mol. The quantitative estimate of drug-likeness (QED) is 0.618. The number of benzene rings is 1. The maximum atomic E-state index is 12.7. The zero-order valence-corrected chi connectivity index (χ0v) is 5.98. The first-order valence-corrected chi connectivity index (χ1v) is 3.28. The van der Waals surface area contributed by atoms with E-state index >= 15 is 0 Å². The molecule has 0 fully saturated rings. The van der Waals surface area contributed by atoms with E-state index in [-0.39, 0.29) is 5.82 Å². The van der Waals surface area contributed by atoms with Crippen LogP contribution in [0, 0.1) is 12.1 Å². The molecule has 0 aliphatic rings. The monoisotopic (exact) mass is 163 g/mol. The van der Waals surface area contributed by atoms with Gasteiger partial charge in [0.05, 0.1) is 5.69 Å². The molecule has 0 saturated carbocycles. The molecule has 1 radical (unpaired) electrons. The van der Waals surface area contributed by atoms with E-state index in [0.29, 0.717) is 5.69 Å². The number of aromatic nitrogens is 4. The third kappa shape index (κ3) is 1.16. The highest BCUT2D eigenvalue weighted by molar-refractivity contribution is 5.28. The zero-order valence-electron chi connectivity index (χ0n) is 5.98.